The van der Waals surface area contributed by atoms with Crippen LogP contribution in [-0.4, -0.2) is 32.2 Å². The molecule has 66 valence electrons. The summed E-state index contributed by atoms with van der Waals surface area (Å²) < 4.78 is 0. The number of aliphatic hydroxyl groups excluding tert-OH is 1. The van der Waals surface area contributed by atoms with Gasteiger partial charge in [-0.3, -0.25) is 4.79 Å². The van der Waals surface area contributed by atoms with Crippen molar-refractivity contribution in [3.63, 3.8) is 0 Å². The molecule has 0 radical (unpaired) electrons. The van der Waals surface area contributed by atoms with Crippen molar-refractivity contribution in [1.82, 2.24) is 0 Å². The van der Waals surface area contributed by atoms with Crippen LogP contribution < -0.4 is 0 Å². The molecule has 1 unspecified atom stereocenters. The van der Waals surface area contributed by atoms with Gasteiger partial charge in [-0.05, 0) is 6.08 Å². The average molecular weight is 172 g/mol. The molecule has 0 aromatic heterocycles. The molecule has 5 heteroatoms. The molecule has 12 heavy (non-hydrogen) atoms. The third-order valence-electron chi connectivity index (χ3n) is 1.54. The van der Waals surface area contributed by atoms with Crippen LogP contribution in [-0.2, 0) is 4.79 Å². The molecule has 0 fully saturated rings. The molecule has 0 spiro atoms. The number of carboxylic acid groups (broad SMARTS) is 1. The second-order valence-corrected chi connectivity index (χ2v) is 2.53. The molecular weight excluding hydrogens is 164 g/mol. The molecule has 1 aliphatic carbocycles. The first kappa shape index (κ1) is 8.76. The van der Waals surface area contributed by atoms with Crippen molar-refractivity contribution in [2.24, 2.45) is 5.92 Å². The van der Waals surface area contributed by atoms with Gasteiger partial charge < -0.3 is 20.4 Å². The SMILES string of the molecule is O=C(O)C1C=CC(O)=CC1(O)O. The standard InChI is InChI=1S/C7H8O5/c8-4-1-2-5(6(9)10)7(11,12)3-4/h1-3,5,8,11-12H,(H,9,10). The molecule has 5 nitrogen and oxygen atoms in total. The summed E-state index contributed by atoms with van der Waals surface area (Å²) in [6, 6.07) is 0. The van der Waals surface area contributed by atoms with E-state index in [0.29, 0.717) is 6.08 Å². The Morgan fingerprint density at radius 2 is 2.08 bits per heavy atom. The molecule has 0 aromatic rings. The summed E-state index contributed by atoms with van der Waals surface area (Å²) in [5.41, 5.74) is 0. The molecule has 1 rings (SSSR count). The summed E-state index contributed by atoms with van der Waals surface area (Å²) >= 11 is 0. The van der Waals surface area contributed by atoms with Gasteiger partial charge in [-0.15, -0.1) is 0 Å². The van der Waals surface area contributed by atoms with E-state index in [0.717, 1.165) is 12.2 Å². The number of rotatable bonds is 1. The maximum Gasteiger partial charge on any atom is 0.316 e. The summed E-state index contributed by atoms with van der Waals surface area (Å²) in [4.78, 5) is 10.4. The van der Waals surface area contributed by atoms with E-state index in [1.165, 1.54) is 0 Å². The van der Waals surface area contributed by atoms with Gasteiger partial charge in [0.25, 0.3) is 0 Å². The van der Waals surface area contributed by atoms with Crippen LogP contribution in [0.1, 0.15) is 0 Å². The maximum atomic E-state index is 10.4. The van der Waals surface area contributed by atoms with Crippen molar-refractivity contribution in [3.05, 3.63) is 24.0 Å². The van der Waals surface area contributed by atoms with Gasteiger partial charge in [0, 0.05) is 6.08 Å². The Morgan fingerprint density at radius 3 is 2.50 bits per heavy atom. The van der Waals surface area contributed by atoms with Crippen molar-refractivity contribution in [2.45, 2.75) is 5.79 Å². The minimum absolute atomic E-state index is 0.363. The second-order valence-electron chi connectivity index (χ2n) is 2.53. The first-order valence-corrected chi connectivity index (χ1v) is 3.21. The van der Waals surface area contributed by atoms with E-state index >= 15 is 0 Å². The highest BCUT2D eigenvalue weighted by Gasteiger charge is 2.38. The number of hydrogen-bond donors (Lipinski definition) is 4. The van der Waals surface area contributed by atoms with Crippen molar-refractivity contribution < 1.29 is 25.2 Å². The van der Waals surface area contributed by atoms with E-state index in [2.05, 4.69) is 0 Å². The number of carboxylic acids is 1. The molecule has 0 saturated carbocycles. The summed E-state index contributed by atoms with van der Waals surface area (Å²) in [6.07, 6.45) is 2.78. The topological polar surface area (TPSA) is 98.0 Å². The number of aliphatic carboxylic acids is 1. The second kappa shape index (κ2) is 2.62. The molecule has 1 atom stereocenters. The summed E-state index contributed by atoms with van der Waals surface area (Å²) in [5, 5.41) is 35.4. The Balaban J connectivity index is 2.96. The lowest BCUT2D eigenvalue weighted by Gasteiger charge is -2.25. The quantitative estimate of drug-likeness (QED) is 0.395. The Morgan fingerprint density at radius 1 is 1.50 bits per heavy atom. The predicted molar refractivity (Wildman–Crippen MR) is 38.1 cm³/mol. The fraction of sp³-hybridized carbons (Fsp3) is 0.286. The van der Waals surface area contributed by atoms with Crippen LogP contribution in [0, 0.1) is 5.92 Å². The Kier molecular flexibility index (Phi) is 1.91. The van der Waals surface area contributed by atoms with E-state index in [-0.39, 0.29) is 5.76 Å². The number of hydrogen-bond acceptors (Lipinski definition) is 4. The van der Waals surface area contributed by atoms with Crippen LogP contribution >= 0.6 is 0 Å². The van der Waals surface area contributed by atoms with Gasteiger partial charge in [0.1, 0.15) is 11.7 Å². The van der Waals surface area contributed by atoms with E-state index in [1.807, 2.05) is 0 Å². The molecule has 0 aliphatic heterocycles. The number of aliphatic hydroxyl groups is 3. The average Bonchev–Trinajstić information content (AvgIpc) is 1.82. The fourth-order valence-corrected chi connectivity index (χ4v) is 0.956. The summed E-state index contributed by atoms with van der Waals surface area (Å²) in [6.45, 7) is 0. The minimum atomic E-state index is -2.51. The van der Waals surface area contributed by atoms with Crippen molar-refractivity contribution in [1.29, 1.82) is 0 Å². The van der Waals surface area contributed by atoms with E-state index in [1.54, 1.807) is 0 Å². The molecular formula is C7H8O5. The van der Waals surface area contributed by atoms with Crippen LogP contribution in [0.5, 0.6) is 0 Å². The van der Waals surface area contributed by atoms with E-state index < -0.39 is 17.7 Å². The van der Waals surface area contributed by atoms with Gasteiger partial charge in [-0.25, -0.2) is 0 Å². The van der Waals surface area contributed by atoms with Gasteiger partial charge in [-0.2, -0.15) is 0 Å². The highest BCUT2D eigenvalue weighted by molar-refractivity contribution is 5.74. The van der Waals surface area contributed by atoms with Gasteiger partial charge in [0.05, 0.1) is 0 Å². The van der Waals surface area contributed by atoms with Crippen LogP contribution in [0.25, 0.3) is 0 Å². The van der Waals surface area contributed by atoms with Crippen molar-refractivity contribution >= 4 is 5.97 Å². The third-order valence-corrected chi connectivity index (χ3v) is 1.54. The third kappa shape index (κ3) is 1.46. The lowest BCUT2D eigenvalue weighted by Crippen LogP contribution is -2.41. The zero-order chi connectivity index (χ0) is 9.35. The van der Waals surface area contributed by atoms with Crippen molar-refractivity contribution in [3.8, 4) is 0 Å². The van der Waals surface area contributed by atoms with Crippen LogP contribution in [0.15, 0.2) is 24.0 Å². The normalized spacial score (nSPS) is 26.5. The fourth-order valence-electron chi connectivity index (χ4n) is 0.956. The largest absolute Gasteiger partial charge is 0.508 e. The lowest BCUT2D eigenvalue weighted by molar-refractivity contribution is -0.177. The number of carbonyl (C=O) groups is 1. The highest BCUT2D eigenvalue weighted by atomic mass is 16.5. The van der Waals surface area contributed by atoms with Crippen LogP contribution in [0.4, 0.5) is 0 Å². The van der Waals surface area contributed by atoms with Crippen LogP contribution in [0.2, 0.25) is 0 Å². The Bertz CT molecular complexity index is 263. The maximum absolute atomic E-state index is 10.4. The molecule has 1 aliphatic rings. The van der Waals surface area contributed by atoms with Gasteiger partial charge >= 0.3 is 5.97 Å². The van der Waals surface area contributed by atoms with Crippen molar-refractivity contribution in [2.75, 3.05) is 0 Å². The molecule has 0 aromatic carbocycles. The van der Waals surface area contributed by atoms with Gasteiger partial charge in [-0.1, -0.05) is 6.08 Å². The van der Waals surface area contributed by atoms with E-state index in [9.17, 15) is 4.79 Å². The van der Waals surface area contributed by atoms with Gasteiger partial charge in [0.15, 0.2) is 0 Å². The van der Waals surface area contributed by atoms with Gasteiger partial charge in [0.2, 0.25) is 5.79 Å². The Hall–Kier alpha value is -1.33. The monoisotopic (exact) mass is 172 g/mol. The molecule has 0 heterocycles. The highest BCUT2D eigenvalue weighted by Crippen LogP contribution is 2.23. The summed E-state index contributed by atoms with van der Waals surface area (Å²) in [7, 11) is 0. The molecule has 0 bridgehead atoms. The first-order chi connectivity index (χ1) is 5.43. The predicted octanol–water partition coefficient (Wildman–Crippen LogP) is -0.620. The zero-order valence-corrected chi connectivity index (χ0v) is 6.01. The lowest BCUT2D eigenvalue weighted by atomic mass is 9.93. The number of allylic oxidation sites excluding steroid dienone is 1. The smallest absolute Gasteiger partial charge is 0.316 e. The van der Waals surface area contributed by atoms with E-state index in [4.69, 9.17) is 20.4 Å². The minimum Gasteiger partial charge on any atom is -0.508 e. The molecule has 0 amide bonds. The van der Waals surface area contributed by atoms with Crippen LogP contribution in [0.3, 0.4) is 0 Å². The zero-order valence-electron chi connectivity index (χ0n) is 6.01. The first-order valence-electron chi connectivity index (χ1n) is 3.21. The molecule has 0 saturated heterocycles. The summed E-state index contributed by atoms with van der Waals surface area (Å²) in [5.74, 6) is -5.67. The molecule has 4 N–H and O–H groups in total. The Labute approximate surface area is 67.9 Å².